The molecule has 0 saturated heterocycles. The van der Waals surface area contributed by atoms with Crippen LogP contribution < -0.4 is 4.74 Å². The minimum Gasteiger partial charge on any atom is -0.494 e. The number of nitrogens with zero attached hydrogens (tertiary/aromatic N) is 3. The highest BCUT2D eigenvalue weighted by atomic mass is 32.2. The lowest BCUT2D eigenvalue weighted by Crippen LogP contribution is -2.11. The third-order valence-corrected chi connectivity index (χ3v) is 5.29. The molecule has 0 bridgehead atoms. The molecule has 0 radical (unpaired) electrons. The molecule has 0 spiro atoms. The van der Waals surface area contributed by atoms with E-state index in [4.69, 9.17) is 4.74 Å². The van der Waals surface area contributed by atoms with Crippen LogP contribution in [0, 0.1) is 6.92 Å². The second-order valence-corrected chi connectivity index (χ2v) is 7.42. The van der Waals surface area contributed by atoms with Crippen LogP contribution in [-0.4, -0.2) is 29.8 Å². The molecule has 0 unspecified atom stereocenters. The van der Waals surface area contributed by atoms with Gasteiger partial charge in [0.15, 0.2) is 9.84 Å². The highest BCUT2D eigenvalue weighted by molar-refractivity contribution is 7.90. The molecular formula is C15H19N3O3S. The number of benzene rings is 1. The van der Waals surface area contributed by atoms with Crippen molar-refractivity contribution in [1.82, 2.24) is 14.8 Å². The van der Waals surface area contributed by atoms with Gasteiger partial charge in [0.05, 0.1) is 11.5 Å². The van der Waals surface area contributed by atoms with Crippen LogP contribution in [0.15, 0.2) is 29.2 Å². The van der Waals surface area contributed by atoms with E-state index in [9.17, 15) is 8.42 Å². The summed E-state index contributed by atoms with van der Waals surface area (Å²) in [6.07, 6.45) is 2.13. The second-order valence-electron chi connectivity index (χ2n) is 5.43. The molecule has 0 amide bonds. The fraction of sp³-hybridized carbons (Fsp3) is 0.467. The highest BCUT2D eigenvalue weighted by Gasteiger charge is 2.30. The molecule has 0 aliphatic heterocycles. The average Bonchev–Trinajstić information content (AvgIpc) is 3.25. The Morgan fingerprint density at radius 1 is 1.23 bits per heavy atom. The Morgan fingerprint density at radius 3 is 2.50 bits per heavy atom. The maximum atomic E-state index is 12.6. The molecule has 1 heterocycles. The highest BCUT2D eigenvalue weighted by Crippen LogP contribution is 2.37. The van der Waals surface area contributed by atoms with Crippen molar-refractivity contribution in [3.05, 3.63) is 35.9 Å². The number of ether oxygens (including phenoxy) is 1. The number of aromatic nitrogens is 3. The number of hydrogen-bond donors (Lipinski definition) is 0. The van der Waals surface area contributed by atoms with Gasteiger partial charge in [0.2, 0.25) is 0 Å². The third kappa shape index (κ3) is 2.99. The first kappa shape index (κ1) is 15.0. The van der Waals surface area contributed by atoms with Gasteiger partial charge in [-0.15, -0.1) is 10.2 Å². The van der Waals surface area contributed by atoms with Gasteiger partial charge in [0, 0.05) is 6.04 Å². The van der Waals surface area contributed by atoms with Crippen molar-refractivity contribution in [2.24, 2.45) is 0 Å². The molecule has 6 nitrogen and oxygen atoms in total. The van der Waals surface area contributed by atoms with Crippen molar-refractivity contribution in [3.63, 3.8) is 0 Å². The summed E-state index contributed by atoms with van der Waals surface area (Å²) in [5.74, 6) is 1.84. The van der Waals surface area contributed by atoms with Gasteiger partial charge in [-0.25, -0.2) is 8.42 Å². The number of hydrogen-bond acceptors (Lipinski definition) is 5. The molecule has 1 saturated carbocycles. The molecule has 0 atom stereocenters. The first-order valence-electron chi connectivity index (χ1n) is 7.37. The maximum Gasteiger partial charge on any atom is 0.185 e. The fourth-order valence-electron chi connectivity index (χ4n) is 2.48. The summed E-state index contributed by atoms with van der Waals surface area (Å²) in [7, 11) is -3.44. The molecule has 1 aliphatic carbocycles. The summed E-state index contributed by atoms with van der Waals surface area (Å²) >= 11 is 0. The van der Waals surface area contributed by atoms with Crippen molar-refractivity contribution in [2.45, 2.75) is 43.4 Å². The van der Waals surface area contributed by atoms with Crippen LogP contribution in [0.4, 0.5) is 0 Å². The Balaban J connectivity index is 1.84. The molecule has 0 N–H and O–H groups in total. The summed E-state index contributed by atoms with van der Waals surface area (Å²) in [6.45, 7) is 4.30. The average molecular weight is 321 g/mol. The Hall–Kier alpha value is -1.89. The van der Waals surface area contributed by atoms with Crippen molar-refractivity contribution in [3.8, 4) is 5.75 Å². The van der Waals surface area contributed by atoms with Crippen LogP contribution >= 0.6 is 0 Å². The first-order chi connectivity index (χ1) is 10.5. The summed E-state index contributed by atoms with van der Waals surface area (Å²) in [6, 6.07) is 6.86. The molecule has 7 heteroatoms. The lowest BCUT2D eigenvalue weighted by atomic mass is 10.3. The lowest BCUT2D eigenvalue weighted by molar-refractivity contribution is 0.340. The molecule has 1 aromatic carbocycles. The Morgan fingerprint density at radius 2 is 1.91 bits per heavy atom. The number of aryl methyl sites for hydroxylation is 1. The van der Waals surface area contributed by atoms with E-state index in [1.807, 2.05) is 18.4 Å². The Labute approximate surface area is 130 Å². The predicted molar refractivity (Wildman–Crippen MR) is 81.5 cm³/mol. The van der Waals surface area contributed by atoms with E-state index in [0.717, 1.165) is 18.7 Å². The SMILES string of the molecule is CCOc1ccc(S(=O)(=O)Cc2nnc(C)n2C2CC2)cc1. The van der Waals surface area contributed by atoms with Crippen LogP contribution in [0.3, 0.4) is 0 Å². The molecule has 2 aromatic rings. The summed E-state index contributed by atoms with van der Waals surface area (Å²) < 4.78 is 32.4. The zero-order valence-electron chi connectivity index (χ0n) is 12.7. The summed E-state index contributed by atoms with van der Waals surface area (Å²) in [5.41, 5.74) is 0. The van der Waals surface area contributed by atoms with E-state index < -0.39 is 9.84 Å². The van der Waals surface area contributed by atoms with Crippen LogP contribution in [0.2, 0.25) is 0 Å². The normalized spacial score (nSPS) is 15.0. The Bertz CT molecular complexity index is 762. The molecule has 3 rings (SSSR count). The topological polar surface area (TPSA) is 74.1 Å². The zero-order valence-corrected chi connectivity index (χ0v) is 13.5. The minimum absolute atomic E-state index is 0.127. The van der Waals surface area contributed by atoms with Crippen LogP contribution in [0.25, 0.3) is 0 Å². The fourth-order valence-corrected chi connectivity index (χ4v) is 3.74. The van der Waals surface area contributed by atoms with E-state index in [0.29, 0.717) is 24.2 Å². The van der Waals surface area contributed by atoms with Gasteiger partial charge < -0.3 is 9.30 Å². The van der Waals surface area contributed by atoms with Gasteiger partial charge in [-0.2, -0.15) is 0 Å². The summed E-state index contributed by atoms with van der Waals surface area (Å²) in [5, 5.41) is 8.07. The minimum atomic E-state index is -3.44. The monoisotopic (exact) mass is 321 g/mol. The molecule has 118 valence electrons. The predicted octanol–water partition coefficient (Wildman–Crippen LogP) is 2.29. The number of rotatable bonds is 6. The van der Waals surface area contributed by atoms with E-state index in [1.54, 1.807) is 24.3 Å². The zero-order chi connectivity index (χ0) is 15.7. The lowest BCUT2D eigenvalue weighted by Gasteiger charge is -2.08. The second kappa shape index (κ2) is 5.72. The maximum absolute atomic E-state index is 12.6. The Kier molecular flexibility index (Phi) is 3.90. The van der Waals surface area contributed by atoms with E-state index in [-0.39, 0.29) is 10.6 Å². The standard InChI is InChI=1S/C15H19N3O3S/c1-3-21-13-6-8-14(9-7-13)22(19,20)10-15-17-16-11(2)18(15)12-4-5-12/h6-9,12H,3-5,10H2,1-2H3. The molecule has 1 aliphatic rings. The van der Waals surface area contributed by atoms with Gasteiger partial charge in [0.25, 0.3) is 0 Å². The molecule has 22 heavy (non-hydrogen) atoms. The van der Waals surface area contributed by atoms with Crippen molar-refractivity contribution >= 4 is 9.84 Å². The largest absolute Gasteiger partial charge is 0.494 e. The van der Waals surface area contributed by atoms with Crippen LogP contribution in [-0.2, 0) is 15.6 Å². The molecule has 1 fully saturated rings. The van der Waals surface area contributed by atoms with Gasteiger partial charge >= 0.3 is 0 Å². The van der Waals surface area contributed by atoms with Crippen LogP contribution in [0.5, 0.6) is 5.75 Å². The van der Waals surface area contributed by atoms with Crippen molar-refractivity contribution in [2.75, 3.05) is 6.61 Å². The van der Waals surface area contributed by atoms with Crippen LogP contribution in [0.1, 0.15) is 37.5 Å². The van der Waals surface area contributed by atoms with Gasteiger partial charge in [0.1, 0.15) is 23.2 Å². The van der Waals surface area contributed by atoms with Gasteiger partial charge in [-0.3, -0.25) is 0 Å². The first-order valence-corrected chi connectivity index (χ1v) is 9.02. The van der Waals surface area contributed by atoms with E-state index >= 15 is 0 Å². The number of sulfone groups is 1. The van der Waals surface area contributed by atoms with E-state index in [2.05, 4.69) is 10.2 Å². The van der Waals surface area contributed by atoms with Gasteiger partial charge in [-0.05, 0) is 51.0 Å². The molecular weight excluding hydrogens is 302 g/mol. The third-order valence-electron chi connectivity index (χ3n) is 3.66. The van der Waals surface area contributed by atoms with Crippen molar-refractivity contribution < 1.29 is 13.2 Å². The smallest absolute Gasteiger partial charge is 0.185 e. The van der Waals surface area contributed by atoms with Crippen molar-refractivity contribution in [1.29, 1.82) is 0 Å². The quantitative estimate of drug-likeness (QED) is 0.816. The molecule has 1 aromatic heterocycles. The summed E-state index contributed by atoms with van der Waals surface area (Å²) in [4.78, 5) is 0.277. The van der Waals surface area contributed by atoms with E-state index in [1.165, 1.54) is 0 Å². The van der Waals surface area contributed by atoms with Gasteiger partial charge in [-0.1, -0.05) is 0 Å².